The van der Waals surface area contributed by atoms with Gasteiger partial charge in [0, 0.05) is 37.0 Å². The van der Waals surface area contributed by atoms with E-state index in [1.54, 1.807) is 19.2 Å². The Morgan fingerprint density at radius 1 is 1.47 bits per heavy atom. The molecule has 0 saturated carbocycles. The molecule has 0 fully saturated rings. The molecule has 1 rings (SSSR count). The van der Waals surface area contributed by atoms with Crippen LogP contribution in [0, 0.1) is 0 Å². The van der Waals surface area contributed by atoms with Gasteiger partial charge in [-0.25, -0.2) is 0 Å². The first-order chi connectivity index (χ1) is 9.08. The zero-order valence-electron chi connectivity index (χ0n) is 11.6. The summed E-state index contributed by atoms with van der Waals surface area (Å²) < 4.78 is 5.00. The van der Waals surface area contributed by atoms with Gasteiger partial charge in [-0.05, 0) is 38.5 Å². The average Bonchev–Trinajstić information content (AvgIpc) is 2.38. The highest BCUT2D eigenvalue weighted by Gasteiger charge is 2.14. The summed E-state index contributed by atoms with van der Waals surface area (Å²) in [7, 11) is 1.65. The van der Waals surface area contributed by atoms with Crippen molar-refractivity contribution in [3.05, 3.63) is 28.8 Å². The lowest BCUT2D eigenvalue weighted by molar-refractivity contribution is 0.0930. The highest BCUT2D eigenvalue weighted by Crippen LogP contribution is 2.20. The number of benzene rings is 1. The number of halogens is 1. The van der Waals surface area contributed by atoms with Crippen LogP contribution in [0.5, 0.6) is 0 Å². The molecular weight excluding hydrogens is 264 g/mol. The molecule has 0 bridgehead atoms. The predicted octanol–water partition coefficient (Wildman–Crippen LogP) is 2.93. The average molecular weight is 285 g/mol. The van der Waals surface area contributed by atoms with Crippen molar-refractivity contribution >= 4 is 23.2 Å². The minimum atomic E-state index is -0.123. The number of carbonyl (C=O) groups excluding carboxylic acids is 1. The maximum absolute atomic E-state index is 12.2. The van der Waals surface area contributed by atoms with Gasteiger partial charge in [0.1, 0.15) is 0 Å². The molecule has 1 amide bonds. The van der Waals surface area contributed by atoms with Gasteiger partial charge in [0.15, 0.2) is 0 Å². The van der Waals surface area contributed by atoms with Crippen LogP contribution in [0.4, 0.5) is 5.69 Å². The maximum Gasteiger partial charge on any atom is 0.253 e. The first kappa shape index (κ1) is 15.8. The van der Waals surface area contributed by atoms with Gasteiger partial charge < -0.3 is 15.4 Å². The smallest absolute Gasteiger partial charge is 0.253 e. The van der Waals surface area contributed by atoms with Crippen LogP contribution in [0.1, 0.15) is 30.6 Å². The zero-order valence-corrected chi connectivity index (χ0v) is 12.4. The van der Waals surface area contributed by atoms with E-state index in [9.17, 15) is 4.79 Å². The Hall–Kier alpha value is -1.26. The third-order valence-corrected chi connectivity index (χ3v) is 2.96. The van der Waals surface area contributed by atoms with Crippen LogP contribution in [0.2, 0.25) is 5.02 Å². The van der Waals surface area contributed by atoms with Crippen LogP contribution in [0.3, 0.4) is 0 Å². The summed E-state index contributed by atoms with van der Waals surface area (Å²) in [5, 5.41) is 6.65. The van der Waals surface area contributed by atoms with Crippen molar-refractivity contribution in [2.45, 2.75) is 26.3 Å². The SMILES string of the molecule is CCNc1ccc(Cl)cc1C(=O)NC(C)CCOC. The second-order valence-corrected chi connectivity index (χ2v) is 4.81. The monoisotopic (exact) mass is 284 g/mol. The minimum absolute atomic E-state index is 0.0564. The molecule has 1 unspecified atom stereocenters. The van der Waals surface area contributed by atoms with E-state index >= 15 is 0 Å². The molecule has 0 spiro atoms. The van der Waals surface area contributed by atoms with Crippen LogP contribution in [-0.2, 0) is 4.74 Å². The summed E-state index contributed by atoms with van der Waals surface area (Å²) in [5.74, 6) is -0.123. The Balaban J connectivity index is 2.77. The Kier molecular flexibility index (Phi) is 6.67. The zero-order chi connectivity index (χ0) is 14.3. The van der Waals surface area contributed by atoms with E-state index in [1.807, 2.05) is 19.9 Å². The summed E-state index contributed by atoms with van der Waals surface area (Å²) in [5.41, 5.74) is 1.36. The van der Waals surface area contributed by atoms with Gasteiger partial charge in [0.05, 0.1) is 5.56 Å². The largest absolute Gasteiger partial charge is 0.385 e. The fraction of sp³-hybridized carbons (Fsp3) is 0.500. The van der Waals surface area contributed by atoms with Gasteiger partial charge in [-0.1, -0.05) is 11.6 Å². The second-order valence-electron chi connectivity index (χ2n) is 4.38. The van der Waals surface area contributed by atoms with Crippen molar-refractivity contribution in [3.8, 4) is 0 Å². The number of methoxy groups -OCH3 is 1. The van der Waals surface area contributed by atoms with E-state index in [4.69, 9.17) is 16.3 Å². The van der Waals surface area contributed by atoms with Crippen LogP contribution in [0.15, 0.2) is 18.2 Å². The number of carbonyl (C=O) groups is 1. The molecule has 0 aliphatic rings. The standard InChI is InChI=1S/C14H21ClN2O2/c1-4-16-13-6-5-11(15)9-12(13)14(18)17-10(2)7-8-19-3/h5-6,9-10,16H,4,7-8H2,1-3H3,(H,17,18). The number of nitrogens with one attached hydrogen (secondary N) is 2. The van der Waals surface area contributed by atoms with Crippen molar-refractivity contribution in [1.82, 2.24) is 5.32 Å². The Morgan fingerprint density at radius 2 is 2.21 bits per heavy atom. The molecule has 4 nitrogen and oxygen atoms in total. The lowest BCUT2D eigenvalue weighted by atomic mass is 10.1. The number of ether oxygens (including phenoxy) is 1. The lowest BCUT2D eigenvalue weighted by Crippen LogP contribution is -2.33. The van der Waals surface area contributed by atoms with Crippen molar-refractivity contribution in [2.24, 2.45) is 0 Å². The van der Waals surface area contributed by atoms with E-state index in [1.165, 1.54) is 0 Å². The van der Waals surface area contributed by atoms with Crippen molar-refractivity contribution < 1.29 is 9.53 Å². The second kappa shape index (κ2) is 8.02. The van der Waals surface area contributed by atoms with Gasteiger partial charge in [0.2, 0.25) is 0 Å². The van der Waals surface area contributed by atoms with Crippen LogP contribution >= 0.6 is 11.6 Å². The summed E-state index contributed by atoms with van der Waals surface area (Å²) in [4.78, 5) is 12.2. The summed E-state index contributed by atoms with van der Waals surface area (Å²) >= 11 is 5.95. The topological polar surface area (TPSA) is 50.4 Å². The highest BCUT2D eigenvalue weighted by molar-refractivity contribution is 6.31. The molecule has 0 aliphatic heterocycles. The van der Waals surface area contributed by atoms with Gasteiger partial charge in [-0.2, -0.15) is 0 Å². The molecule has 0 radical (unpaired) electrons. The third-order valence-electron chi connectivity index (χ3n) is 2.73. The molecule has 2 N–H and O–H groups in total. The van der Waals surface area contributed by atoms with E-state index in [0.29, 0.717) is 17.2 Å². The third kappa shape index (κ3) is 5.09. The fourth-order valence-electron chi connectivity index (χ4n) is 1.72. The van der Waals surface area contributed by atoms with E-state index in [0.717, 1.165) is 18.7 Å². The van der Waals surface area contributed by atoms with Crippen molar-refractivity contribution in [1.29, 1.82) is 0 Å². The number of anilines is 1. The molecule has 106 valence electrons. The molecule has 0 aromatic heterocycles. The Labute approximate surface area is 119 Å². The molecule has 1 aromatic rings. The number of rotatable bonds is 7. The number of amides is 1. The quantitative estimate of drug-likeness (QED) is 0.809. The molecule has 1 aromatic carbocycles. The lowest BCUT2D eigenvalue weighted by Gasteiger charge is -2.16. The summed E-state index contributed by atoms with van der Waals surface area (Å²) in [6, 6.07) is 5.32. The van der Waals surface area contributed by atoms with Gasteiger partial charge in [-0.15, -0.1) is 0 Å². The fourth-order valence-corrected chi connectivity index (χ4v) is 1.89. The van der Waals surface area contributed by atoms with Gasteiger partial charge in [0.25, 0.3) is 5.91 Å². The minimum Gasteiger partial charge on any atom is -0.385 e. The molecule has 0 saturated heterocycles. The van der Waals surface area contributed by atoms with E-state index in [2.05, 4.69) is 10.6 Å². The van der Waals surface area contributed by atoms with E-state index in [-0.39, 0.29) is 11.9 Å². The summed E-state index contributed by atoms with van der Waals surface area (Å²) in [6.07, 6.45) is 0.777. The molecule has 0 heterocycles. The maximum atomic E-state index is 12.2. The molecule has 19 heavy (non-hydrogen) atoms. The normalized spacial score (nSPS) is 12.0. The Morgan fingerprint density at radius 3 is 2.84 bits per heavy atom. The van der Waals surface area contributed by atoms with Crippen molar-refractivity contribution in [2.75, 3.05) is 25.6 Å². The van der Waals surface area contributed by atoms with Gasteiger partial charge >= 0.3 is 0 Å². The molecule has 5 heteroatoms. The number of hydrogen-bond donors (Lipinski definition) is 2. The van der Waals surface area contributed by atoms with Crippen LogP contribution < -0.4 is 10.6 Å². The predicted molar refractivity (Wildman–Crippen MR) is 79.0 cm³/mol. The van der Waals surface area contributed by atoms with E-state index < -0.39 is 0 Å². The van der Waals surface area contributed by atoms with Crippen molar-refractivity contribution in [3.63, 3.8) is 0 Å². The summed E-state index contributed by atoms with van der Waals surface area (Å²) in [6.45, 7) is 5.31. The molecule has 1 atom stereocenters. The van der Waals surface area contributed by atoms with Crippen LogP contribution in [0.25, 0.3) is 0 Å². The number of hydrogen-bond acceptors (Lipinski definition) is 3. The molecule has 0 aliphatic carbocycles. The van der Waals surface area contributed by atoms with Gasteiger partial charge in [-0.3, -0.25) is 4.79 Å². The molecular formula is C14H21ClN2O2. The Bertz CT molecular complexity index is 424. The first-order valence-electron chi connectivity index (χ1n) is 6.41. The van der Waals surface area contributed by atoms with Crippen LogP contribution in [-0.4, -0.2) is 32.2 Å². The highest BCUT2D eigenvalue weighted by atomic mass is 35.5. The first-order valence-corrected chi connectivity index (χ1v) is 6.79.